The molecule has 0 bridgehead atoms. The summed E-state index contributed by atoms with van der Waals surface area (Å²) < 4.78 is 5.18. The van der Waals surface area contributed by atoms with E-state index in [0.717, 1.165) is 44.3 Å². The first-order chi connectivity index (χ1) is 12.7. The van der Waals surface area contributed by atoms with Crippen LogP contribution in [-0.4, -0.2) is 33.9 Å². The van der Waals surface area contributed by atoms with Gasteiger partial charge in [0.2, 0.25) is 0 Å². The fraction of sp³-hybridized carbons (Fsp3) is 0.381. The lowest BCUT2D eigenvalue weighted by molar-refractivity contribution is 0.0753. The predicted octanol–water partition coefficient (Wildman–Crippen LogP) is 4.02. The van der Waals surface area contributed by atoms with E-state index < -0.39 is 0 Å². The van der Waals surface area contributed by atoms with Gasteiger partial charge in [-0.2, -0.15) is 0 Å². The minimum Gasteiger partial charge on any atom is -0.448 e. The molecule has 0 aliphatic carbocycles. The summed E-state index contributed by atoms with van der Waals surface area (Å²) >= 11 is 0. The van der Waals surface area contributed by atoms with Crippen LogP contribution in [0, 0.1) is 12.8 Å². The first-order valence-electron chi connectivity index (χ1n) is 9.24. The van der Waals surface area contributed by atoms with E-state index in [4.69, 9.17) is 4.42 Å². The van der Waals surface area contributed by atoms with Crippen LogP contribution in [0.1, 0.15) is 41.1 Å². The van der Waals surface area contributed by atoms with E-state index in [0.29, 0.717) is 17.4 Å². The molecule has 0 radical (unpaired) electrons. The topological polar surface area (TPSA) is 59.2 Å². The van der Waals surface area contributed by atoms with E-state index in [2.05, 4.69) is 28.2 Å². The summed E-state index contributed by atoms with van der Waals surface area (Å²) in [4.78, 5) is 23.2. The molecule has 26 heavy (non-hydrogen) atoms. The standard InChI is InChI=1S/C21H23N3O2/c1-15-20(23-14-26-15)21(25)24-9-4-5-16(8-10-24)11-17-12-18-6-2-3-7-19(18)22-13-17/h2-3,6-7,12-14,16H,4-5,8-11H2,1H3/t16-/m0/s1. The number of likely N-dealkylation sites (tertiary alicyclic amines) is 1. The molecule has 3 heterocycles. The number of carbonyl (C=O) groups is 1. The molecule has 1 aliphatic heterocycles. The molecule has 1 fully saturated rings. The largest absolute Gasteiger partial charge is 0.448 e. The van der Waals surface area contributed by atoms with Gasteiger partial charge in [0.1, 0.15) is 5.76 Å². The van der Waals surface area contributed by atoms with Crippen molar-refractivity contribution >= 4 is 16.8 Å². The minimum absolute atomic E-state index is 0.00993. The average Bonchev–Trinajstić information content (AvgIpc) is 2.95. The van der Waals surface area contributed by atoms with E-state index in [1.54, 1.807) is 6.92 Å². The number of para-hydroxylation sites is 1. The molecule has 0 unspecified atom stereocenters. The SMILES string of the molecule is Cc1ocnc1C(=O)N1CCC[C@H](Cc2cnc3ccccc3c2)CC1. The zero-order chi connectivity index (χ0) is 17.9. The van der Waals surface area contributed by atoms with Gasteiger partial charge in [-0.3, -0.25) is 9.78 Å². The van der Waals surface area contributed by atoms with Crippen LogP contribution in [0.15, 0.2) is 47.3 Å². The molecule has 0 saturated carbocycles. The molecule has 0 N–H and O–H groups in total. The molecule has 1 atom stereocenters. The quantitative estimate of drug-likeness (QED) is 0.717. The van der Waals surface area contributed by atoms with Gasteiger partial charge in [0.15, 0.2) is 12.1 Å². The Kier molecular flexibility index (Phi) is 4.69. The third-order valence-corrected chi connectivity index (χ3v) is 5.25. The van der Waals surface area contributed by atoms with Gasteiger partial charge < -0.3 is 9.32 Å². The maximum absolute atomic E-state index is 12.6. The van der Waals surface area contributed by atoms with E-state index in [9.17, 15) is 4.79 Å². The van der Waals surface area contributed by atoms with Gasteiger partial charge >= 0.3 is 0 Å². The monoisotopic (exact) mass is 349 g/mol. The predicted molar refractivity (Wildman–Crippen MR) is 99.9 cm³/mol. The van der Waals surface area contributed by atoms with Gasteiger partial charge in [-0.05, 0) is 56.2 Å². The van der Waals surface area contributed by atoms with Crippen LogP contribution in [0.5, 0.6) is 0 Å². The van der Waals surface area contributed by atoms with Gasteiger partial charge in [-0.25, -0.2) is 4.98 Å². The molecular formula is C21H23N3O2. The molecule has 134 valence electrons. The molecule has 0 spiro atoms. The van der Waals surface area contributed by atoms with Gasteiger partial charge in [0.05, 0.1) is 5.52 Å². The Balaban J connectivity index is 1.41. The van der Waals surface area contributed by atoms with Crippen molar-refractivity contribution in [3.63, 3.8) is 0 Å². The van der Waals surface area contributed by atoms with Crippen molar-refractivity contribution in [1.82, 2.24) is 14.9 Å². The van der Waals surface area contributed by atoms with Crippen molar-refractivity contribution in [2.24, 2.45) is 5.92 Å². The van der Waals surface area contributed by atoms with E-state index in [-0.39, 0.29) is 5.91 Å². The third-order valence-electron chi connectivity index (χ3n) is 5.25. The maximum atomic E-state index is 12.6. The van der Waals surface area contributed by atoms with E-state index in [1.165, 1.54) is 17.3 Å². The fourth-order valence-corrected chi connectivity index (χ4v) is 3.79. The molecule has 1 amide bonds. The molecule has 4 rings (SSSR count). The highest BCUT2D eigenvalue weighted by molar-refractivity contribution is 5.93. The number of rotatable bonds is 3. The third kappa shape index (κ3) is 3.47. The van der Waals surface area contributed by atoms with Gasteiger partial charge in [0, 0.05) is 24.7 Å². The minimum atomic E-state index is -0.00993. The maximum Gasteiger partial charge on any atom is 0.276 e. The molecule has 1 saturated heterocycles. The van der Waals surface area contributed by atoms with Crippen molar-refractivity contribution in [2.45, 2.75) is 32.6 Å². The van der Waals surface area contributed by atoms with Crippen molar-refractivity contribution in [3.05, 3.63) is 59.9 Å². The van der Waals surface area contributed by atoms with Crippen molar-refractivity contribution in [1.29, 1.82) is 0 Å². The van der Waals surface area contributed by atoms with Crippen LogP contribution in [0.4, 0.5) is 0 Å². The second kappa shape index (κ2) is 7.28. The lowest BCUT2D eigenvalue weighted by atomic mass is 9.93. The summed E-state index contributed by atoms with van der Waals surface area (Å²) in [6.45, 7) is 3.35. The lowest BCUT2D eigenvalue weighted by Gasteiger charge is -2.19. The van der Waals surface area contributed by atoms with Crippen LogP contribution in [-0.2, 0) is 6.42 Å². The zero-order valence-corrected chi connectivity index (χ0v) is 15.0. The molecular weight excluding hydrogens is 326 g/mol. The van der Waals surface area contributed by atoms with Gasteiger partial charge in [-0.15, -0.1) is 0 Å². The Bertz CT molecular complexity index is 918. The Labute approximate surface area is 153 Å². The Morgan fingerprint density at radius 3 is 2.96 bits per heavy atom. The van der Waals surface area contributed by atoms with Crippen LogP contribution in [0.3, 0.4) is 0 Å². The van der Waals surface area contributed by atoms with Crippen molar-refractivity contribution < 1.29 is 9.21 Å². The number of nitrogens with zero attached hydrogens (tertiary/aromatic N) is 3. The van der Waals surface area contributed by atoms with E-state index >= 15 is 0 Å². The van der Waals surface area contributed by atoms with Crippen LogP contribution < -0.4 is 0 Å². The van der Waals surface area contributed by atoms with Crippen molar-refractivity contribution in [2.75, 3.05) is 13.1 Å². The first kappa shape index (κ1) is 16.8. The van der Waals surface area contributed by atoms with Crippen molar-refractivity contribution in [3.8, 4) is 0 Å². The highest BCUT2D eigenvalue weighted by Gasteiger charge is 2.24. The van der Waals surface area contributed by atoms with Crippen LogP contribution in [0.25, 0.3) is 10.9 Å². The van der Waals surface area contributed by atoms with Gasteiger partial charge in [0.25, 0.3) is 5.91 Å². The fourth-order valence-electron chi connectivity index (χ4n) is 3.79. The summed E-state index contributed by atoms with van der Waals surface area (Å²) in [7, 11) is 0. The number of aromatic nitrogens is 2. The summed E-state index contributed by atoms with van der Waals surface area (Å²) in [6.07, 6.45) is 7.52. The molecule has 2 aromatic heterocycles. The highest BCUT2D eigenvalue weighted by Crippen LogP contribution is 2.24. The molecule has 5 nitrogen and oxygen atoms in total. The number of hydrogen-bond donors (Lipinski definition) is 0. The Morgan fingerprint density at radius 1 is 1.23 bits per heavy atom. The molecule has 1 aromatic carbocycles. The summed E-state index contributed by atoms with van der Waals surface area (Å²) in [6, 6.07) is 10.5. The number of aryl methyl sites for hydroxylation is 1. The number of amides is 1. The van der Waals surface area contributed by atoms with Crippen LogP contribution >= 0.6 is 0 Å². The molecule has 1 aliphatic rings. The second-order valence-corrected chi connectivity index (χ2v) is 7.09. The highest BCUT2D eigenvalue weighted by atomic mass is 16.3. The van der Waals surface area contributed by atoms with Gasteiger partial charge in [-0.1, -0.05) is 18.2 Å². The lowest BCUT2D eigenvalue weighted by Crippen LogP contribution is -2.32. The second-order valence-electron chi connectivity index (χ2n) is 7.09. The summed E-state index contributed by atoms with van der Waals surface area (Å²) in [5.41, 5.74) is 2.76. The zero-order valence-electron chi connectivity index (χ0n) is 15.0. The number of fused-ring (bicyclic) bond motifs is 1. The summed E-state index contributed by atoms with van der Waals surface area (Å²) in [5, 5.41) is 1.19. The number of carbonyl (C=O) groups excluding carboxylic acids is 1. The number of pyridine rings is 1. The number of benzene rings is 1. The van der Waals surface area contributed by atoms with E-state index in [1.807, 2.05) is 23.2 Å². The smallest absolute Gasteiger partial charge is 0.276 e. The average molecular weight is 349 g/mol. The Hall–Kier alpha value is -2.69. The first-order valence-corrected chi connectivity index (χ1v) is 9.24. The normalized spacial score (nSPS) is 18.0. The number of oxazole rings is 1. The summed E-state index contributed by atoms with van der Waals surface area (Å²) in [5.74, 6) is 1.16. The number of hydrogen-bond acceptors (Lipinski definition) is 4. The molecule has 5 heteroatoms. The molecule has 3 aromatic rings. The van der Waals surface area contributed by atoms with Crippen LogP contribution in [0.2, 0.25) is 0 Å². The Morgan fingerprint density at radius 2 is 2.12 bits per heavy atom.